The van der Waals surface area contributed by atoms with Crippen LogP contribution in [0.4, 0.5) is 0 Å². The zero-order valence-corrected chi connectivity index (χ0v) is 13.9. The van der Waals surface area contributed by atoms with E-state index in [9.17, 15) is 0 Å². The minimum Gasteiger partial charge on any atom is -0.309 e. The highest BCUT2D eigenvalue weighted by Crippen LogP contribution is 2.09. The Morgan fingerprint density at radius 1 is 0.625 bits per heavy atom. The third kappa shape index (κ3) is 5.28. The second-order valence-electron chi connectivity index (χ2n) is 6.00. The van der Waals surface area contributed by atoms with Crippen molar-refractivity contribution in [3.63, 3.8) is 0 Å². The van der Waals surface area contributed by atoms with Crippen molar-refractivity contribution in [2.75, 3.05) is 0 Å². The van der Waals surface area contributed by atoms with Crippen LogP contribution >= 0.6 is 0 Å². The first-order chi connectivity index (χ1) is 11.9. The van der Waals surface area contributed by atoms with Crippen molar-refractivity contribution in [3.05, 3.63) is 95.6 Å². The zero-order chi connectivity index (χ0) is 16.5. The molecule has 3 rings (SSSR count). The maximum Gasteiger partial charge on any atom is 0.0312 e. The second-order valence-corrected chi connectivity index (χ2v) is 6.00. The average Bonchev–Trinajstić information content (AvgIpc) is 2.65. The molecule has 0 atom stereocenters. The standard InChI is InChI=1S/C21H23N3/c1(5-19-6-2-12-22-14-19)4-18-8-10-20(11-9-18)15-24-17-21-7-3-13-23-16-21/h2-3,6-14,16,24H,1,4-5,15,17H2. The average molecular weight is 317 g/mol. The van der Waals surface area contributed by atoms with Crippen LogP contribution in [0.5, 0.6) is 0 Å². The Kier molecular flexibility index (Phi) is 6.09. The van der Waals surface area contributed by atoms with E-state index in [1.54, 1.807) is 6.20 Å². The summed E-state index contributed by atoms with van der Waals surface area (Å²) in [5.41, 5.74) is 5.24. The molecule has 0 aliphatic heterocycles. The molecule has 2 heterocycles. The Labute approximate surface area is 143 Å². The molecular weight excluding hydrogens is 294 g/mol. The Hall–Kier alpha value is -2.52. The molecule has 24 heavy (non-hydrogen) atoms. The molecule has 0 unspecified atom stereocenters. The van der Waals surface area contributed by atoms with Crippen molar-refractivity contribution in [2.45, 2.75) is 32.4 Å². The smallest absolute Gasteiger partial charge is 0.0312 e. The van der Waals surface area contributed by atoms with Crippen LogP contribution in [0.15, 0.2) is 73.3 Å². The Bertz CT molecular complexity index is 645. The van der Waals surface area contributed by atoms with Gasteiger partial charge in [0.25, 0.3) is 0 Å². The van der Waals surface area contributed by atoms with Crippen LogP contribution in [0.3, 0.4) is 0 Å². The van der Waals surface area contributed by atoms with E-state index < -0.39 is 0 Å². The lowest BCUT2D eigenvalue weighted by molar-refractivity contribution is 0.691. The van der Waals surface area contributed by atoms with Crippen LogP contribution in [0, 0.1) is 0 Å². The molecule has 0 radical (unpaired) electrons. The first-order valence-electron chi connectivity index (χ1n) is 8.46. The van der Waals surface area contributed by atoms with Crippen LogP contribution in [0.1, 0.15) is 28.7 Å². The monoisotopic (exact) mass is 317 g/mol. The molecule has 1 aromatic carbocycles. The van der Waals surface area contributed by atoms with Crippen molar-refractivity contribution in [1.29, 1.82) is 0 Å². The predicted molar refractivity (Wildman–Crippen MR) is 97.5 cm³/mol. The lowest BCUT2D eigenvalue weighted by Gasteiger charge is -2.07. The number of aromatic nitrogens is 2. The molecule has 1 N–H and O–H groups in total. The van der Waals surface area contributed by atoms with Gasteiger partial charge in [-0.2, -0.15) is 0 Å². The molecule has 0 fully saturated rings. The lowest BCUT2D eigenvalue weighted by atomic mass is 10.0. The van der Waals surface area contributed by atoms with Crippen molar-refractivity contribution < 1.29 is 0 Å². The number of nitrogens with zero attached hydrogens (tertiary/aromatic N) is 2. The quantitative estimate of drug-likeness (QED) is 0.684. The third-order valence-electron chi connectivity index (χ3n) is 4.06. The number of hydrogen-bond donors (Lipinski definition) is 1. The fourth-order valence-corrected chi connectivity index (χ4v) is 2.72. The van der Waals surface area contributed by atoms with Gasteiger partial charge in [0.15, 0.2) is 0 Å². The lowest BCUT2D eigenvalue weighted by Crippen LogP contribution is -2.12. The van der Waals surface area contributed by atoms with E-state index in [0.717, 1.165) is 32.4 Å². The molecule has 0 bridgehead atoms. The third-order valence-corrected chi connectivity index (χ3v) is 4.06. The van der Waals surface area contributed by atoms with E-state index in [-0.39, 0.29) is 0 Å². The fourth-order valence-electron chi connectivity index (χ4n) is 2.72. The second kappa shape index (κ2) is 8.94. The fraction of sp³-hybridized carbons (Fsp3) is 0.238. The van der Waals surface area contributed by atoms with Gasteiger partial charge in [0, 0.05) is 37.9 Å². The minimum atomic E-state index is 0.848. The number of aryl methyl sites for hydroxylation is 2. The van der Waals surface area contributed by atoms with Crippen molar-refractivity contribution >= 4 is 0 Å². The summed E-state index contributed by atoms with van der Waals surface area (Å²) in [6.07, 6.45) is 10.8. The number of hydrogen-bond acceptors (Lipinski definition) is 3. The van der Waals surface area contributed by atoms with Gasteiger partial charge >= 0.3 is 0 Å². The van der Waals surface area contributed by atoms with Crippen molar-refractivity contribution in [3.8, 4) is 0 Å². The largest absolute Gasteiger partial charge is 0.309 e. The molecule has 0 aliphatic carbocycles. The molecule has 3 heteroatoms. The van der Waals surface area contributed by atoms with Gasteiger partial charge in [0.1, 0.15) is 0 Å². The van der Waals surface area contributed by atoms with Gasteiger partial charge in [-0.05, 0) is 53.6 Å². The molecule has 3 nitrogen and oxygen atoms in total. The van der Waals surface area contributed by atoms with E-state index in [0.29, 0.717) is 0 Å². The molecule has 2 aromatic heterocycles. The molecule has 0 saturated carbocycles. The zero-order valence-electron chi connectivity index (χ0n) is 13.9. The maximum absolute atomic E-state index is 4.16. The van der Waals surface area contributed by atoms with Gasteiger partial charge in [0.05, 0.1) is 0 Å². The maximum atomic E-state index is 4.16. The van der Waals surface area contributed by atoms with Crippen LogP contribution in [-0.2, 0) is 25.9 Å². The van der Waals surface area contributed by atoms with Crippen LogP contribution < -0.4 is 5.32 Å². The number of benzene rings is 1. The molecular formula is C21H23N3. The molecule has 0 saturated heterocycles. The summed E-state index contributed by atoms with van der Waals surface area (Å²) in [7, 11) is 0. The summed E-state index contributed by atoms with van der Waals surface area (Å²) in [4.78, 5) is 8.29. The Morgan fingerprint density at radius 2 is 1.21 bits per heavy atom. The highest BCUT2D eigenvalue weighted by Gasteiger charge is 1.98. The summed E-state index contributed by atoms with van der Waals surface area (Å²) in [6.45, 7) is 1.73. The van der Waals surface area contributed by atoms with Crippen LogP contribution in [-0.4, -0.2) is 9.97 Å². The van der Waals surface area contributed by atoms with Crippen molar-refractivity contribution in [2.24, 2.45) is 0 Å². The highest BCUT2D eigenvalue weighted by atomic mass is 14.8. The summed E-state index contributed by atoms with van der Waals surface area (Å²) in [5, 5.41) is 3.46. The predicted octanol–water partition coefficient (Wildman–Crippen LogP) is 3.94. The van der Waals surface area contributed by atoms with Gasteiger partial charge < -0.3 is 5.32 Å². The summed E-state index contributed by atoms with van der Waals surface area (Å²) < 4.78 is 0. The first kappa shape index (κ1) is 16.3. The van der Waals surface area contributed by atoms with E-state index >= 15 is 0 Å². The SMILES string of the molecule is c1cncc(CCCc2ccc(CNCc3cccnc3)cc2)c1. The van der Waals surface area contributed by atoms with E-state index in [1.165, 1.54) is 22.3 Å². The van der Waals surface area contributed by atoms with Gasteiger partial charge in [-0.25, -0.2) is 0 Å². The number of rotatable bonds is 8. The summed E-state index contributed by atoms with van der Waals surface area (Å²) in [6, 6.07) is 17.1. The van der Waals surface area contributed by atoms with Gasteiger partial charge in [-0.1, -0.05) is 36.4 Å². The number of pyridine rings is 2. The van der Waals surface area contributed by atoms with E-state index in [1.807, 2.05) is 30.7 Å². The normalized spacial score (nSPS) is 10.7. The molecule has 0 spiro atoms. The number of nitrogens with one attached hydrogen (secondary N) is 1. The molecule has 0 aliphatic rings. The first-order valence-corrected chi connectivity index (χ1v) is 8.46. The molecule has 3 aromatic rings. The van der Waals surface area contributed by atoms with E-state index in [4.69, 9.17) is 0 Å². The summed E-state index contributed by atoms with van der Waals surface area (Å²) >= 11 is 0. The topological polar surface area (TPSA) is 37.8 Å². The summed E-state index contributed by atoms with van der Waals surface area (Å²) in [5.74, 6) is 0. The minimum absolute atomic E-state index is 0.848. The van der Waals surface area contributed by atoms with Gasteiger partial charge in [0.2, 0.25) is 0 Å². The Morgan fingerprint density at radius 3 is 1.88 bits per heavy atom. The van der Waals surface area contributed by atoms with Crippen LogP contribution in [0.2, 0.25) is 0 Å². The van der Waals surface area contributed by atoms with Gasteiger partial charge in [-0.15, -0.1) is 0 Å². The highest BCUT2D eigenvalue weighted by molar-refractivity contribution is 5.23. The molecule has 122 valence electrons. The van der Waals surface area contributed by atoms with Gasteiger partial charge in [-0.3, -0.25) is 9.97 Å². The van der Waals surface area contributed by atoms with Crippen molar-refractivity contribution in [1.82, 2.24) is 15.3 Å². The van der Waals surface area contributed by atoms with Crippen LogP contribution in [0.25, 0.3) is 0 Å². The Balaban J connectivity index is 1.40. The van der Waals surface area contributed by atoms with E-state index in [2.05, 4.69) is 51.7 Å². The molecule has 0 amide bonds.